The Morgan fingerprint density at radius 2 is 2.14 bits per heavy atom. The lowest BCUT2D eigenvalue weighted by Crippen LogP contribution is -2.00. The van der Waals surface area contributed by atoms with Crippen molar-refractivity contribution in [2.24, 2.45) is 0 Å². The summed E-state index contributed by atoms with van der Waals surface area (Å²) in [5.74, 6) is 0. The summed E-state index contributed by atoms with van der Waals surface area (Å²) in [6.45, 7) is 8.55. The van der Waals surface area contributed by atoms with Gasteiger partial charge < -0.3 is 5.11 Å². The van der Waals surface area contributed by atoms with Crippen molar-refractivity contribution >= 4 is 0 Å². The monoisotopic (exact) mass is 195 g/mol. The lowest BCUT2D eigenvalue weighted by atomic mass is 10.1. The van der Waals surface area contributed by atoms with E-state index in [1.54, 1.807) is 6.92 Å². The third-order valence-electron chi connectivity index (χ3n) is 1.33. The highest BCUT2D eigenvalue weighted by atomic mass is 16.6. The van der Waals surface area contributed by atoms with Gasteiger partial charge in [-0.05, 0) is 6.92 Å². The van der Waals surface area contributed by atoms with Crippen LogP contribution in [0.1, 0.15) is 6.92 Å². The van der Waals surface area contributed by atoms with Crippen LogP contribution >= 0.6 is 0 Å². The first kappa shape index (κ1) is 12.3. The summed E-state index contributed by atoms with van der Waals surface area (Å²) in [5.41, 5.74) is 0.712. The fraction of sp³-hybridized carbons (Fsp3) is 0.200. The van der Waals surface area contributed by atoms with E-state index in [1.807, 2.05) is 0 Å². The SMILES string of the molecule is C=C(C)/C=C(\C(=C)/C=C/CO)[N+](=O)[O-]. The molecule has 0 bridgehead atoms. The summed E-state index contributed by atoms with van der Waals surface area (Å²) in [6.07, 6.45) is 4.12. The second kappa shape index (κ2) is 5.88. The third kappa shape index (κ3) is 4.37. The maximum atomic E-state index is 10.6. The summed E-state index contributed by atoms with van der Waals surface area (Å²) < 4.78 is 0. The molecule has 0 spiro atoms. The van der Waals surface area contributed by atoms with E-state index < -0.39 is 4.92 Å². The standard InChI is InChI=1S/C10H13NO3/c1-8(2)7-10(11(13)14)9(3)5-4-6-12/h4-5,7,12H,1,3,6H2,2H3/b5-4+,10-7+. The molecule has 0 aromatic carbocycles. The molecule has 0 rings (SSSR count). The Bertz CT molecular complexity index is 313. The Morgan fingerprint density at radius 1 is 1.57 bits per heavy atom. The van der Waals surface area contributed by atoms with E-state index in [0.29, 0.717) is 5.57 Å². The molecule has 0 saturated heterocycles. The maximum absolute atomic E-state index is 10.6. The van der Waals surface area contributed by atoms with E-state index in [2.05, 4.69) is 13.2 Å². The molecule has 0 radical (unpaired) electrons. The molecule has 0 unspecified atom stereocenters. The number of aliphatic hydroxyl groups excluding tert-OH is 1. The molecule has 4 heteroatoms. The largest absolute Gasteiger partial charge is 0.392 e. The van der Waals surface area contributed by atoms with Crippen molar-refractivity contribution in [3.8, 4) is 0 Å². The predicted molar refractivity (Wildman–Crippen MR) is 55.3 cm³/mol. The zero-order chi connectivity index (χ0) is 11.1. The highest BCUT2D eigenvalue weighted by Crippen LogP contribution is 2.12. The molecule has 0 aromatic heterocycles. The van der Waals surface area contributed by atoms with Crippen molar-refractivity contribution in [2.45, 2.75) is 6.92 Å². The third-order valence-corrected chi connectivity index (χ3v) is 1.33. The molecule has 0 fully saturated rings. The van der Waals surface area contributed by atoms with Crippen LogP contribution in [0.5, 0.6) is 0 Å². The smallest absolute Gasteiger partial charge is 0.276 e. The zero-order valence-corrected chi connectivity index (χ0v) is 8.06. The van der Waals surface area contributed by atoms with Crippen LogP contribution in [0.2, 0.25) is 0 Å². The van der Waals surface area contributed by atoms with Crippen LogP contribution in [0.3, 0.4) is 0 Å². The molecular weight excluding hydrogens is 182 g/mol. The van der Waals surface area contributed by atoms with Gasteiger partial charge in [0.1, 0.15) is 0 Å². The number of allylic oxidation sites excluding steroid dienone is 3. The van der Waals surface area contributed by atoms with Crippen molar-refractivity contribution < 1.29 is 10.0 Å². The highest BCUT2D eigenvalue weighted by Gasteiger charge is 2.12. The minimum atomic E-state index is -0.529. The fourth-order valence-corrected chi connectivity index (χ4v) is 0.776. The Hall–Kier alpha value is -1.68. The van der Waals surface area contributed by atoms with E-state index in [0.717, 1.165) is 0 Å². The Morgan fingerprint density at radius 3 is 2.50 bits per heavy atom. The normalized spacial score (nSPS) is 11.7. The number of hydrogen-bond donors (Lipinski definition) is 1. The molecule has 4 nitrogen and oxygen atoms in total. The van der Waals surface area contributed by atoms with Crippen LogP contribution in [0.25, 0.3) is 0 Å². The van der Waals surface area contributed by atoms with E-state index in [1.165, 1.54) is 18.2 Å². The molecule has 14 heavy (non-hydrogen) atoms. The first-order valence-corrected chi connectivity index (χ1v) is 3.97. The van der Waals surface area contributed by atoms with Crippen LogP contribution in [0.15, 0.2) is 48.2 Å². The van der Waals surface area contributed by atoms with Crippen LogP contribution in [0.4, 0.5) is 0 Å². The summed E-state index contributed by atoms with van der Waals surface area (Å²) in [7, 11) is 0. The van der Waals surface area contributed by atoms with Crippen molar-refractivity contribution in [2.75, 3.05) is 6.61 Å². The van der Waals surface area contributed by atoms with Crippen LogP contribution in [-0.4, -0.2) is 16.6 Å². The van der Waals surface area contributed by atoms with Gasteiger partial charge in [-0.3, -0.25) is 10.1 Å². The van der Waals surface area contributed by atoms with Gasteiger partial charge in [0.25, 0.3) is 5.70 Å². The Kier molecular flexibility index (Phi) is 5.17. The van der Waals surface area contributed by atoms with Gasteiger partial charge in [0.05, 0.1) is 11.5 Å². The number of nitro groups is 1. The van der Waals surface area contributed by atoms with Crippen molar-refractivity contribution in [3.63, 3.8) is 0 Å². The number of hydrogen-bond acceptors (Lipinski definition) is 3. The lowest BCUT2D eigenvalue weighted by molar-refractivity contribution is -0.420. The second-order valence-corrected chi connectivity index (χ2v) is 2.74. The molecule has 0 aliphatic heterocycles. The quantitative estimate of drug-likeness (QED) is 0.413. The van der Waals surface area contributed by atoms with E-state index in [9.17, 15) is 10.1 Å². The molecule has 0 heterocycles. The summed E-state index contributed by atoms with van der Waals surface area (Å²) in [6, 6.07) is 0. The Labute approximate surface area is 82.7 Å². The van der Waals surface area contributed by atoms with Gasteiger partial charge in [0, 0.05) is 11.6 Å². The molecule has 1 N–H and O–H groups in total. The van der Waals surface area contributed by atoms with Crippen LogP contribution < -0.4 is 0 Å². The van der Waals surface area contributed by atoms with Gasteiger partial charge >= 0.3 is 0 Å². The van der Waals surface area contributed by atoms with Gasteiger partial charge in [-0.15, -0.1) is 0 Å². The summed E-state index contributed by atoms with van der Waals surface area (Å²) in [5, 5.41) is 19.1. The minimum Gasteiger partial charge on any atom is -0.392 e. The van der Waals surface area contributed by atoms with Gasteiger partial charge in [0.2, 0.25) is 0 Å². The van der Waals surface area contributed by atoms with Crippen molar-refractivity contribution in [1.29, 1.82) is 0 Å². The zero-order valence-electron chi connectivity index (χ0n) is 8.06. The van der Waals surface area contributed by atoms with Gasteiger partial charge in [-0.2, -0.15) is 0 Å². The van der Waals surface area contributed by atoms with Gasteiger partial charge in [-0.25, -0.2) is 0 Å². The molecule has 0 aromatic rings. The van der Waals surface area contributed by atoms with Gasteiger partial charge in [-0.1, -0.05) is 30.9 Å². The van der Waals surface area contributed by atoms with Crippen molar-refractivity contribution in [1.82, 2.24) is 0 Å². The van der Waals surface area contributed by atoms with E-state index in [-0.39, 0.29) is 17.9 Å². The van der Waals surface area contributed by atoms with Crippen LogP contribution in [-0.2, 0) is 0 Å². The first-order chi connectivity index (χ1) is 6.49. The minimum absolute atomic E-state index is 0.109. The highest BCUT2D eigenvalue weighted by molar-refractivity contribution is 5.36. The van der Waals surface area contributed by atoms with Crippen LogP contribution in [0, 0.1) is 10.1 Å². The summed E-state index contributed by atoms with van der Waals surface area (Å²) >= 11 is 0. The number of rotatable bonds is 5. The van der Waals surface area contributed by atoms with Crippen molar-refractivity contribution in [3.05, 3.63) is 58.3 Å². The van der Waals surface area contributed by atoms with E-state index >= 15 is 0 Å². The molecule has 0 aliphatic rings. The molecule has 0 saturated carbocycles. The topological polar surface area (TPSA) is 63.4 Å². The average Bonchev–Trinajstić information content (AvgIpc) is 2.09. The van der Waals surface area contributed by atoms with E-state index in [4.69, 9.17) is 5.11 Å². The maximum Gasteiger partial charge on any atom is 0.276 e. The molecule has 76 valence electrons. The van der Waals surface area contributed by atoms with Gasteiger partial charge in [0.15, 0.2) is 0 Å². The Balaban J connectivity index is 4.85. The lowest BCUT2D eigenvalue weighted by Gasteiger charge is -1.97. The average molecular weight is 195 g/mol. The first-order valence-electron chi connectivity index (χ1n) is 3.97. The second-order valence-electron chi connectivity index (χ2n) is 2.74. The number of aliphatic hydroxyl groups is 1. The molecule has 0 amide bonds. The molecule has 0 atom stereocenters. The number of nitrogens with zero attached hydrogens (tertiary/aromatic N) is 1. The summed E-state index contributed by atoms with van der Waals surface area (Å²) in [4.78, 5) is 10.0. The molecular formula is C10H13NO3. The predicted octanol–water partition coefficient (Wildman–Crippen LogP) is 1.83. The molecule has 0 aliphatic carbocycles. The fourth-order valence-electron chi connectivity index (χ4n) is 0.776.